The van der Waals surface area contributed by atoms with Crippen molar-refractivity contribution in [3.05, 3.63) is 24.3 Å². The van der Waals surface area contributed by atoms with Crippen LogP contribution in [-0.2, 0) is 19.6 Å². The number of rotatable bonds is 8. The summed E-state index contributed by atoms with van der Waals surface area (Å²) in [6.07, 6.45) is 3.03. The van der Waals surface area contributed by atoms with Gasteiger partial charge in [0.1, 0.15) is 6.54 Å². The Balaban J connectivity index is 1.93. The van der Waals surface area contributed by atoms with E-state index in [-0.39, 0.29) is 12.5 Å². The Morgan fingerprint density at radius 1 is 1.36 bits per heavy atom. The van der Waals surface area contributed by atoms with Crippen LogP contribution in [0.3, 0.4) is 0 Å². The zero-order valence-corrected chi connectivity index (χ0v) is 16.2. The number of hydrogen-bond acceptors (Lipinski definition) is 6. The third kappa shape index (κ3) is 6.50. The fourth-order valence-electron chi connectivity index (χ4n) is 2.53. The van der Waals surface area contributed by atoms with E-state index in [9.17, 15) is 13.2 Å². The summed E-state index contributed by atoms with van der Waals surface area (Å²) >= 11 is 1.52. The molecule has 1 fully saturated rings. The monoisotopic (exact) mass is 387 g/mol. The standard InChI is InChI=1S/C16H25N3O4S2/c1-24-15-5-3-4-14(12-15)19(25(2,21)22)13-16(20)17-6-7-18-8-10-23-11-9-18/h3-5,12H,6-11,13H2,1-2H3,(H,17,20). The van der Waals surface area contributed by atoms with Crippen LogP contribution in [0.15, 0.2) is 29.2 Å². The van der Waals surface area contributed by atoms with Crippen LogP contribution in [0, 0.1) is 0 Å². The molecule has 0 spiro atoms. The zero-order valence-electron chi connectivity index (χ0n) is 14.6. The Labute approximate surface area is 153 Å². The molecule has 0 aliphatic carbocycles. The van der Waals surface area contributed by atoms with Crippen molar-refractivity contribution >= 4 is 33.4 Å². The average Bonchev–Trinajstić information content (AvgIpc) is 2.59. The molecule has 1 aliphatic rings. The number of carbonyl (C=O) groups excluding carboxylic acids is 1. The lowest BCUT2D eigenvalue weighted by Gasteiger charge is -2.27. The first-order valence-electron chi connectivity index (χ1n) is 8.08. The van der Waals surface area contributed by atoms with Crippen LogP contribution in [0.25, 0.3) is 0 Å². The molecular formula is C16H25N3O4S2. The van der Waals surface area contributed by atoms with Crippen molar-refractivity contribution in [2.24, 2.45) is 0 Å². The molecule has 0 bridgehead atoms. The summed E-state index contributed by atoms with van der Waals surface area (Å²) in [5, 5.41) is 2.80. The van der Waals surface area contributed by atoms with E-state index < -0.39 is 10.0 Å². The summed E-state index contributed by atoms with van der Waals surface area (Å²) in [6.45, 7) is 4.12. The quantitative estimate of drug-likeness (QED) is 0.659. The molecule has 1 N–H and O–H groups in total. The summed E-state index contributed by atoms with van der Waals surface area (Å²) in [4.78, 5) is 15.4. The molecule has 1 aromatic carbocycles. The van der Waals surface area contributed by atoms with Crippen molar-refractivity contribution in [3.8, 4) is 0 Å². The lowest BCUT2D eigenvalue weighted by Crippen LogP contribution is -2.44. The summed E-state index contributed by atoms with van der Waals surface area (Å²) < 4.78 is 30.6. The maximum atomic E-state index is 12.2. The third-order valence-corrected chi connectivity index (χ3v) is 5.75. The van der Waals surface area contributed by atoms with Gasteiger partial charge in [-0.15, -0.1) is 11.8 Å². The van der Waals surface area contributed by atoms with Crippen LogP contribution in [0.5, 0.6) is 0 Å². The molecule has 2 rings (SSSR count). The number of benzene rings is 1. The molecule has 1 aromatic rings. The number of ether oxygens (including phenoxy) is 1. The van der Waals surface area contributed by atoms with E-state index >= 15 is 0 Å². The highest BCUT2D eigenvalue weighted by atomic mass is 32.2. The molecule has 7 nitrogen and oxygen atoms in total. The Morgan fingerprint density at radius 3 is 2.72 bits per heavy atom. The minimum Gasteiger partial charge on any atom is -0.379 e. The number of carbonyl (C=O) groups is 1. The first-order chi connectivity index (χ1) is 11.9. The molecule has 9 heteroatoms. The number of amides is 1. The van der Waals surface area contributed by atoms with Gasteiger partial charge in [0, 0.05) is 31.1 Å². The van der Waals surface area contributed by atoms with Gasteiger partial charge in [0.05, 0.1) is 25.2 Å². The van der Waals surface area contributed by atoms with Gasteiger partial charge in [0.2, 0.25) is 15.9 Å². The Hall–Kier alpha value is -1.29. The predicted molar refractivity (Wildman–Crippen MR) is 101 cm³/mol. The highest BCUT2D eigenvalue weighted by Gasteiger charge is 2.21. The lowest BCUT2D eigenvalue weighted by atomic mass is 10.3. The number of morpholine rings is 1. The van der Waals surface area contributed by atoms with E-state index in [1.807, 2.05) is 12.3 Å². The van der Waals surface area contributed by atoms with Gasteiger partial charge in [-0.2, -0.15) is 0 Å². The predicted octanol–water partition coefficient (Wildman–Crippen LogP) is 0.623. The van der Waals surface area contributed by atoms with E-state index in [0.717, 1.165) is 35.1 Å². The molecule has 25 heavy (non-hydrogen) atoms. The van der Waals surface area contributed by atoms with Gasteiger partial charge in [-0.25, -0.2) is 8.42 Å². The number of thioether (sulfide) groups is 1. The summed E-state index contributed by atoms with van der Waals surface area (Å²) in [5.74, 6) is -0.312. The summed E-state index contributed by atoms with van der Waals surface area (Å²) in [7, 11) is -3.55. The molecule has 1 heterocycles. The van der Waals surface area contributed by atoms with E-state index in [2.05, 4.69) is 10.2 Å². The first kappa shape index (κ1) is 20.0. The van der Waals surface area contributed by atoms with Gasteiger partial charge < -0.3 is 10.1 Å². The van der Waals surface area contributed by atoms with Crippen LogP contribution in [0.1, 0.15) is 0 Å². The molecule has 0 aromatic heterocycles. The lowest BCUT2D eigenvalue weighted by molar-refractivity contribution is -0.119. The van der Waals surface area contributed by atoms with E-state index in [1.165, 1.54) is 11.8 Å². The summed E-state index contributed by atoms with van der Waals surface area (Å²) in [5.41, 5.74) is 0.498. The normalized spacial score (nSPS) is 15.8. The fourth-order valence-corrected chi connectivity index (χ4v) is 3.83. The van der Waals surface area contributed by atoms with Crippen molar-refractivity contribution in [2.75, 3.05) is 62.8 Å². The highest BCUT2D eigenvalue weighted by Crippen LogP contribution is 2.23. The Morgan fingerprint density at radius 2 is 2.08 bits per heavy atom. The largest absolute Gasteiger partial charge is 0.379 e. The number of nitrogens with zero attached hydrogens (tertiary/aromatic N) is 2. The maximum Gasteiger partial charge on any atom is 0.240 e. The van der Waals surface area contributed by atoms with Gasteiger partial charge >= 0.3 is 0 Å². The van der Waals surface area contributed by atoms with Crippen molar-refractivity contribution < 1.29 is 17.9 Å². The van der Waals surface area contributed by atoms with Gasteiger partial charge in [0.25, 0.3) is 0 Å². The number of hydrogen-bond donors (Lipinski definition) is 1. The van der Waals surface area contributed by atoms with E-state index in [1.54, 1.807) is 18.2 Å². The molecule has 1 amide bonds. The fraction of sp³-hybridized carbons (Fsp3) is 0.562. The van der Waals surface area contributed by atoms with E-state index in [0.29, 0.717) is 25.4 Å². The Bertz CT molecular complexity index is 676. The van der Waals surface area contributed by atoms with Crippen LogP contribution >= 0.6 is 11.8 Å². The van der Waals surface area contributed by atoms with Crippen LogP contribution < -0.4 is 9.62 Å². The van der Waals surface area contributed by atoms with Crippen LogP contribution in [-0.4, -0.2) is 77.7 Å². The van der Waals surface area contributed by atoms with Gasteiger partial charge in [-0.1, -0.05) is 6.07 Å². The average molecular weight is 388 g/mol. The minimum atomic E-state index is -3.55. The van der Waals surface area contributed by atoms with Crippen molar-refractivity contribution in [3.63, 3.8) is 0 Å². The highest BCUT2D eigenvalue weighted by molar-refractivity contribution is 7.98. The van der Waals surface area contributed by atoms with Crippen molar-refractivity contribution in [1.82, 2.24) is 10.2 Å². The van der Waals surface area contributed by atoms with Gasteiger partial charge in [-0.3, -0.25) is 14.0 Å². The maximum absolute atomic E-state index is 12.2. The second-order valence-electron chi connectivity index (χ2n) is 5.78. The number of nitrogens with one attached hydrogen (secondary N) is 1. The zero-order chi connectivity index (χ0) is 18.3. The molecule has 0 radical (unpaired) electrons. The first-order valence-corrected chi connectivity index (χ1v) is 11.2. The molecule has 0 unspecified atom stereocenters. The van der Waals surface area contributed by atoms with Crippen molar-refractivity contribution in [2.45, 2.75) is 4.90 Å². The molecule has 140 valence electrons. The second kappa shape index (κ2) is 9.42. The number of anilines is 1. The topological polar surface area (TPSA) is 79.0 Å². The molecule has 1 saturated heterocycles. The summed E-state index contributed by atoms with van der Waals surface area (Å²) in [6, 6.07) is 7.15. The molecule has 0 saturated carbocycles. The SMILES string of the molecule is CSc1cccc(N(CC(=O)NCCN2CCOCC2)S(C)(=O)=O)c1. The van der Waals surface area contributed by atoms with Crippen LogP contribution in [0.2, 0.25) is 0 Å². The van der Waals surface area contributed by atoms with Crippen LogP contribution in [0.4, 0.5) is 5.69 Å². The van der Waals surface area contributed by atoms with Crippen molar-refractivity contribution in [1.29, 1.82) is 0 Å². The smallest absolute Gasteiger partial charge is 0.240 e. The second-order valence-corrected chi connectivity index (χ2v) is 8.56. The van der Waals surface area contributed by atoms with E-state index in [4.69, 9.17) is 4.74 Å². The molecule has 1 aliphatic heterocycles. The minimum absolute atomic E-state index is 0.222. The van der Waals surface area contributed by atoms with Gasteiger partial charge in [-0.05, 0) is 24.5 Å². The third-order valence-electron chi connectivity index (χ3n) is 3.88. The van der Waals surface area contributed by atoms with Gasteiger partial charge in [0.15, 0.2) is 0 Å². The molecule has 0 atom stereocenters. The Kier molecular flexibility index (Phi) is 7.55. The number of sulfonamides is 1. The molecular weight excluding hydrogens is 362 g/mol.